The second kappa shape index (κ2) is 9.60. The van der Waals surface area contributed by atoms with Crippen LogP contribution in [0.3, 0.4) is 0 Å². The highest BCUT2D eigenvalue weighted by Crippen LogP contribution is 2.29. The third-order valence-electron chi connectivity index (χ3n) is 5.42. The number of methoxy groups -OCH3 is 1. The molecule has 164 valence electrons. The first-order valence-corrected chi connectivity index (χ1v) is 10.4. The maximum Gasteiger partial charge on any atom is 0.165 e. The summed E-state index contributed by atoms with van der Waals surface area (Å²) in [6, 6.07) is 13.0. The molecular weight excluding hydrogens is 397 g/mol. The van der Waals surface area contributed by atoms with Gasteiger partial charge in [-0.3, -0.25) is 4.90 Å². The van der Waals surface area contributed by atoms with Gasteiger partial charge in [-0.25, -0.2) is 9.07 Å². The maximum atomic E-state index is 14.4. The van der Waals surface area contributed by atoms with Crippen LogP contribution >= 0.6 is 0 Å². The van der Waals surface area contributed by atoms with Crippen LogP contribution in [0.1, 0.15) is 11.1 Å². The highest BCUT2D eigenvalue weighted by Gasteiger charge is 2.20. The molecule has 0 unspecified atom stereocenters. The summed E-state index contributed by atoms with van der Waals surface area (Å²) in [5, 5.41) is 4.83. The summed E-state index contributed by atoms with van der Waals surface area (Å²) in [7, 11) is 3.50. The first-order valence-electron chi connectivity index (χ1n) is 10.4. The first-order chi connectivity index (χ1) is 15.0. The number of rotatable bonds is 7. The molecule has 1 aromatic heterocycles. The molecule has 2 heterocycles. The van der Waals surface area contributed by atoms with E-state index in [0.717, 1.165) is 29.1 Å². The Morgan fingerprint density at radius 2 is 2.06 bits per heavy atom. The molecule has 7 heteroatoms. The van der Waals surface area contributed by atoms with Gasteiger partial charge in [-0.1, -0.05) is 18.2 Å². The summed E-state index contributed by atoms with van der Waals surface area (Å²) < 4.78 is 32.7. The molecule has 1 saturated heterocycles. The number of benzene rings is 2. The molecule has 6 nitrogen and oxygen atoms in total. The van der Waals surface area contributed by atoms with Gasteiger partial charge in [0.15, 0.2) is 11.6 Å². The normalized spacial score (nSPS) is 16.6. The minimum atomic E-state index is -0.405. The average Bonchev–Trinajstić information content (AvgIpc) is 3.18. The first kappa shape index (κ1) is 21.5. The Bertz CT molecular complexity index is 1030. The van der Waals surface area contributed by atoms with Crippen LogP contribution in [-0.2, 0) is 16.0 Å². The molecule has 2 aromatic carbocycles. The second-order valence-electron chi connectivity index (χ2n) is 7.85. The van der Waals surface area contributed by atoms with Crippen LogP contribution < -0.4 is 4.74 Å². The molecular formula is C24H28FN3O3. The van der Waals surface area contributed by atoms with Gasteiger partial charge in [0.2, 0.25) is 0 Å². The molecule has 0 saturated carbocycles. The van der Waals surface area contributed by atoms with E-state index >= 15 is 0 Å². The van der Waals surface area contributed by atoms with Crippen molar-refractivity contribution in [2.24, 2.45) is 0 Å². The van der Waals surface area contributed by atoms with Gasteiger partial charge in [0.1, 0.15) is 0 Å². The lowest BCUT2D eigenvalue weighted by molar-refractivity contribution is -0.0962. The van der Waals surface area contributed by atoms with Crippen molar-refractivity contribution in [3.05, 3.63) is 65.6 Å². The lowest BCUT2D eigenvalue weighted by Crippen LogP contribution is -2.38. The Balaban J connectivity index is 1.66. The Morgan fingerprint density at radius 1 is 1.23 bits per heavy atom. The Kier molecular flexibility index (Phi) is 6.65. The zero-order valence-electron chi connectivity index (χ0n) is 18.2. The third-order valence-corrected chi connectivity index (χ3v) is 5.42. The summed E-state index contributed by atoms with van der Waals surface area (Å²) in [4.78, 5) is 2.18. The number of nitrogens with zero attached hydrogens (tertiary/aromatic N) is 3. The van der Waals surface area contributed by atoms with Crippen molar-refractivity contribution in [2.75, 3.05) is 40.5 Å². The third kappa shape index (κ3) is 4.95. The molecule has 3 aromatic rings. The largest absolute Gasteiger partial charge is 0.494 e. The topological polar surface area (TPSA) is 48.8 Å². The molecule has 0 amide bonds. The van der Waals surface area contributed by atoms with E-state index in [9.17, 15) is 4.39 Å². The second-order valence-corrected chi connectivity index (χ2v) is 7.85. The van der Waals surface area contributed by atoms with Crippen molar-refractivity contribution in [2.45, 2.75) is 19.6 Å². The number of halogens is 1. The summed E-state index contributed by atoms with van der Waals surface area (Å²) in [6.45, 7) is 5.32. The molecule has 4 rings (SSSR count). The number of ether oxygens (including phenoxy) is 3. The summed E-state index contributed by atoms with van der Waals surface area (Å²) in [6.07, 6.45) is 2.07. The Morgan fingerprint density at radius 3 is 2.77 bits per heavy atom. The number of hydrogen-bond acceptors (Lipinski definition) is 5. The molecule has 1 aliphatic heterocycles. The average molecular weight is 426 g/mol. The van der Waals surface area contributed by atoms with E-state index in [4.69, 9.17) is 19.3 Å². The number of hydrogen-bond donors (Lipinski definition) is 0. The van der Waals surface area contributed by atoms with Gasteiger partial charge < -0.3 is 14.2 Å². The van der Waals surface area contributed by atoms with Crippen LogP contribution in [0.4, 0.5) is 4.39 Å². The van der Waals surface area contributed by atoms with Gasteiger partial charge >= 0.3 is 0 Å². The van der Waals surface area contributed by atoms with Gasteiger partial charge in [0.25, 0.3) is 0 Å². The van der Waals surface area contributed by atoms with E-state index < -0.39 is 5.82 Å². The molecule has 1 fully saturated rings. The molecule has 0 N–H and O–H groups in total. The van der Waals surface area contributed by atoms with Gasteiger partial charge in [0, 0.05) is 30.4 Å². The Hall–Kier alpha value is -2.74. The zero-order chi connectivity index (χ0) is 21.8. The van der Waals surface area contributed by atoms with Gasteiger partial charge in [-0.15, -0.1) is 0 Å². The van der Waals surface area contributed by atoms with E-state index in [1.54, 1.807) is 6.07 Å². The lowest BCUT2D eigenvalue weighted by Gasteiger charge is -2.27. The fourth-order valence-electron chi connectivity index (χ4n) is 3.87. The van der Waals surface area contributed by atoms with Crippen molar-refractivity contribution < 1.29 is 18.6 Å². The molecule has 0 aliphatic carbocycles. The highest BCUT2D eigenvalue weighted by molar-refractivity contribution is 5.64. The quantitative estimate of drug-likeness (QED) is 0.576. The van der Waals surface area contributed by atoms with Crippen molar-refractivity contribution in [3.8, 4) is 22.7 Å². The number of aromatic nitrogens is 2. The smallest absolute Gasteiger partial charge is 0.165 e. The fourth-order valence-corrected chi connectivity index (χ4v) is 3.87. The zero-order valence-corrected chi connectivity index (χ0v) is 18.2. The van der Waals surface area contributed by atoms with E-state index in [2.05, 4.69) is 17.9 Å². The minimum Gasteiger partial charge on any atom is -0.494 e. The molecule has 0 bridgehead atoms. The fraction of sp³-hybridized carbons (Fsp3) is 0.375. The van der Waals surface area contributed by atoms with Crippen LogP contribution in [0.2, 0.25) is 0 Å². The summed E-state index contributed by atoms with van der Waals surface area (Å²) in [5.41, 5.74) is 4.58. The van der Waals surface area contributed by atoms with Crippen molar-refractivity contribution >= 4 is 0 Å². The van der Waals surface area contributed by atoms with Gasteiger partial charge in [-0.2, -0.15) is 5.10 Å². The standard InChI is InChI=1S/C24H28FN3O3/c1-17-6-4-5-7-22(17)28-14-19(13-27(2)15-20-16-30-10-11-31-20)24(26-28)18-8-9-23(29-3)21(25)12-18/h4-9,12,14,20H,10-11,13,15-16H2,1-3H3/t20-/m0/s1. The predicted molar refractivity (Wildman–Crippen MR) is 117 cm³/mol. The predicted octanol–water partition coefficient (Wildman–Crippen LogP) is 3.84. The highest BCUT2D eigenvalue weighted by atomic mass is 19.1. The molecule has 0 radical (unpaired) electrons. The summed E-state index contributed by atoms with van der Waals surface area (Å²) >= 11 is 0. The monoisotopic (exact) mass is 425 g/mol. The van der Waals surface area contributed by atoms with Crippen molar-refractivity contribution in [3.63, 3.8) is 0 Å². The van der Waals surface area contributed by atoms with E-state index in [0.29, 0.717) is 31.9 Å². The van der Waals surface area contributed by atoms with E-state index in [-0.39, 0.29) is 11.9 Å². The molecule has 31 heavy (non-hydrogen) atoms. The Labute approximate surface area is 182 Å². The maximum absolute atomic E-state index is 14.4. The lowest BCUT2D eigenvalue weighted by atomic mass is 10.1. The molecule has 1 aliphatic rings. The van der Waals surface area contributed by atoms with Crippen LogP contribution in [-0.4, -0.2) is 61.3 Å². The van der Waals surface area contributed by atoms with Crippen LogP contribution in [0.15, 0.2) is 48.7 Å². The number of para-hydroxylation sites is 1. The molecule has 0 spiro atoms. The summed E-state index contributed by atoms with van der Waals surface area (Å²) in [5.74, 6) is -0.187. The van der Waals surface area contributed by atoms with Crippen LogP contribution in [0.25, 0.3) is 16.9 Å². The van der Waals surface area contributed by atoms with Crippen molar-refractivity contribution in [1.29, 1.82) is 0 Å². The number of likely N-dealkylation sites (N-methyl/N-ethyl adjacent to an activating group) is 1. The van der Waals surface area contributed by atoms with Crippen LogP contribution in [0.5, 0.6) is 5.75 Å². The van der Waals surface area contributed by atoms with E-state index in [1.807, 2.05) is 42.2 Å². The number of aryl methyl sites for hydroxylation is 1. The molecule has 1 atom stereocenters. The minimum absolute atomic E-state index is 0.0482. The van der Waals surface area contributed by atoms with Crippen LogP contribution in [0, 0.1) is 12.7 Å². The van der Waals surface area contributed by atoms with Gasteiger partial charge in [0.05, 0.1) is 44.4 Å². The SMILES string of the molecule is COc1ccc(-c2nn(-c3ccccc3C)cc2CN(C)C[C@H]2COCCO2)cc1F. The van der Waals surface area contributed by atoms with Gasteiger partial charge in [-0.05, 0) is 43.8 Å². The van der Waals surface area contributed by atoms with Crippen molar-refractivity contribution in [1.82, 2.24) is 14.7 Å². The van der Waals surface area contributed by atoms with E-state index in [1.165, 1.54) is 13.2 Å².